The van der Waals surface area contributed by atoms with E-state index >= 15 is 0 Å². The highest BCUT2D eigenvalue weighted by Gasteiger charge is 2.60. The van der Waals surface area contributed by atoms with Crippen molar-refractivity contribution in [1.82, 2.24) is 0 Å². The molecule has 2 amide bonds. The maximum Gasteiger partial charge on any atom is 0.416 e. The van der Waals surface area contributed by atoms with E-state index in [1.54, 1.807) is 17.2 Å². The molecule has 3 aromatic rings. The van der Waals surface area contributed by atoms with Crippen LogP contribution >= 0.6 is 0 Å². The number of anilines is 2. The zero-order valence-corrected chi connectivity index (χ0v) is 16.6. The fraction of sp³-hybridized carbons (Fsp3) is 0.167. The number of hydrogen-bond acceptors (Lipinski definition) is 4. The lowest BCUT2D eigenvalue weighted by Crippen LogP contribution is -2.37. The van der Waals surface area contributed by atoms with Gasteiger partial charge in [0, 0.05) is 0 Å². The van der Waals surface area contributed by atoms with Gasteiger partial charge in [-0.1, -0.05) is 54.6 Å². The summed E-state index contributed by atoms with van der Waals surface area (Å²) in [4.78, 5) is 33.4. The second kappa shape index (κ2) is 7.49. The number of amides is 2. The molecule has 0 saturated carbocycles. The number of rotatable bonds is 3. The molecule has 2 heterocycles. The van der Waals surface area contributed by atoms with E-state index in [1.807, 2.05) is 48.5 Å². The normalized spacial score (nSPS) is 23.0. The Morgan fingerprint density at radius 1 is 0.750 bits per heavy atom. The van der Waals surface area contributed by atoms with Crippen LogP contribution in [0, 0.1) is 5.92 Å². The minimum absolute atomic E-state index is 0.120. The maximum atomic E-state index is 13.4. The van der Waals surface area contributed by atoms with Crippen molar-refractivity contribution in [2.75, 3.05) is 9.96 Å². The first kappa shape index (κ1) is 20.3. The Kier molecular flexibility index (Phi) is 4.74. The van der Waals surface area contributed by atoms with E-state index in [0.29, 0.717) is 5.69 Å². The molecule has 2 saturated heterocycles. The van der Waals surface area contributed by atoms with Gasteiger partial charge in [0.25, 0.3) is 5.91 Å². The molecular formula is C24H17F3N2O3. The molecule has 3 aromatic carbocycles. The number of hydroxylamine groups is 1. The number of carbonyl (C=O) groups excluding carboxylic acids is 2. The number of benzene rings is 3. The van der Waals surface area contributed by atoms with E-state index in [2.05, 4.69) is 0 Å². The maximum absolute atomic E-state index is 13.4. The molecule has 32 heavy (non-hydrogen) atoms. The van der Waals surface area contributed by atoms with Crippen molar-refractivity contribution < 1.29 is 27.6 Å². The summed E-state index contributed by atoms with van der Waals surface area (Å²) in [5.74, 6) is -2.18. The lowest BCUT2D eigenvalue weighted by Gasteiger charge is -2.28. The molecule has 0 radical (unpaired) electrons. The zero-order chi connectivity index (χ0) is 22.5. The Morgan fingerprint density at radius 2 is 1.38 bits per heavy atom. The summed E-state index contributed by atoms with van der Waals surface area (Å²) < 4.78 is 39.5. The molecule has 0 aromatic heterocycles. The Hall–Kier alpha value is -3.65. The van der Waals surface area contributed by atoms with Gasteiger partial charge >= 0.3 is 6.18 Å². The minimum Gasteiger partial charge on any atom is -0.273 e. The van der Waals surface area contributed by atoms with Crippen LogP contribution in [-0.4, -0.2) is 17.9 Å². The quantitative estimate of drug-likeness (QED) is 0.554. The van der Waals surface area contributed by atoms with Crippen molar-refractivity contribution in [1.29, 1.82) is 0 Å². The van der Waals surface area contributed by atoms with Gasteiger partial charge in [-0.3, -0.25) is 14.4 Å². The van der Waals surface area contributed by atoms with E-state index in [-0.39, 0.29) is 5.69 Å². The van der Waals surface area contributed by atoms with Crippen LogP contribution in [0.3, 0.4) is 0 Å². The van der Waals surface area contributed by atoms with Crippen LogP contribution in [0.2, 0.25) is 0 Å². The molecule has 2 aliphatic rings. The second-order valence-corrected chi connectivity index (χ2v) is 7.63. The molecule has 0 bridgehead atoms. The average Bonchev–Trinajstić information content (AvgIpc) is 3.30. The average molecular weight is 438 g/mol. The summed E-state index contributed by atoms with van der Waals surface area (Å²) in [6.07, 6.45) is -5.73. The van der Waals surface area contributed by atoms with E-state index in [4.69, 9.17) is 4.84 Å². The van der Waals surface area contributed by atoms with Crippen LogP contribution in [0.5, 0.6) is 0 Å². The summed E-state index contributed by atoms with van der Waals surface area (Å²) in [5, 5.41) is 1.55. The third-order valence-corrected chi connectivity index (χ3v) is 5.70. The van der Waals surface area contributed by atoms with Crippen LogP contribution in [0.4, 0.5) is 24.5 Å². The fourth-order valence-corrected chi connectivity index (χ4v) is 4.28. The van der Waals surface area contributed by atoms with Crippen molar-refractivity contribution in [2.24, 2.45) is 5.92 Å². The highest BCUT2D eigenvalue weighted by atomic mass is 19.4. The van der Waals surface area contributed by atoms with Gasteiger partial charge in [-0.15, -0.1) is 0 Å². The predicted molar refractivity (Wildman–Crippen MR) is 110 cm³/mol. The number of nitrogens with zero attached hydrogens (tertiary/aromatic N) is 2. The smallest absolute Gasteiger partial charge is 0.273 e. The van der Waals surface area contributed by atoms with Gasteiger partial charge in [-0.05, 0) is 35.9 Å². The molecule has 5 rings (SSSR count). The van der Waals surface area contributed by atoms with Crippen LogP contribution in [0.15, 0.2) is 84.9 Å². The summed E-state index contributed by atoms with van der Waals surface area (Å²) >= 11 is 0. The predicted octanol–water partition coefficient (Wildman–Crippen LogP) is 4.76. The number of carbonyl (C=O) groups is 2. The molecule has 8 heteroatoms. The summed E-state index contributed by atoms with van der Waals surface area (Å²) in [5.41, 5.74) is 0.378. The van der Waals surface area contributed by atoms with E-state index in [1.165, 1.54) is 12.1 Å². The van der Waals surface area contributed by atoms with Crippen molar-refractivity contribution in [2.45, 2.75) is 18.3 Å². The third-order valence-electron chi connectivity index (χ3n) is 5.70. The standard InChI is InChI=1S/C24H17F3N2O3/c25-24(26,27)16-10-7-13-18(14-16)28-22(30)19-20(15-8-3-1-4-9-15)29(32-21(19)23(28)31)17-11-5-2-6-12-17/h1-14,19-21H/t19-,20+,21+/m1/s1. The molecule has 5 nitrogen and oxygen atoms in total. The van der Waals surface area contributed by atoms with E-state index in [9.17, 15) is 22.8 Å². The SMILES string of the molecule is O=C1[C@H]2[C@H](ON(c3ccccc3)[C@H]2c2ccccc2)C(=O)N1c1cccc(C(F)(F)F)c1. The highest BCUT2D eigenvalue weighted by molar-refractivity contribution is 6.24. The Morgan fingerprint density at radius 3 is 2.03 bits per heavy atom. The molecule has 3 atom stereocenters. The summed E-state index contributed by atoms with van der Waals surface area (Å²) in [6, 6.07) is 21.8. The zero-order valence-electron chi connectivity index (χ0n) is 16.6. The van der Waals surface area contributed by atoms with Gasteiger partial charge in [-0.25, -0.2) is 9.96 Å². The van der Waals surface area contributed by atoms with Crippen LogP contribution in [0.1, 0.15) is 17.2 Å². The van der Waals surface area contributed by atoms with Gasteiger partial charge in [0.2, 0.25) is 5.91 Å². The number of fused-ring (bicyclic) bond motifs is 1. The van der Waals surface area contributed by atoms with Gasteiger partial charge in [0.1, 0.15) is 5.92 Å². The molecule has 162 valence electrons. The lowest BCUT2D eigenvalue weighted by molar-refractivity contribution is -0.137. The van der Waals surface area contributed by atoms with Gasteiger partial charge < -0.3 is 0 Å². The monoisotopic (exact) mass is 438 g/mol. The largest absolute Gasteiger partial charge is 0.416 e. The minimum atomic E-state index is -4.59. The molecule has 0 N–H and O–H groups in total. The van der Waals surface area contributed by atoms with E-state index in [0.717, 1.165) is 22.6 Å². The first-order valence-corrected chi connectivity index (χ1v) is 9.97. The lowest BCUT2D eigenvalue weighted by atomic mass is 9.90. The molecule has 0 aliphatic carbocycles. The summed E-state index contributed by atoms with van der Waals surface area (Å²) in [6.45, 7) is 0. The van der Waals surface area contributed by atoms with Crippen molar-refractivity contribution in [3.8, 4) is 0 Å². The molecule has 2 aliphatic heterocycles. The van der Waals surface area contributed by atoms with Gasteiger partial charge in [0.05, 0.1) is 23.0 Å². The second-order valence-electron chi connectivity index (χ2n) is 7.63. The fourth-order valence-electron chi connectivity index (χ4n) is 4.28. The van der Waals surface area contributed by atoms with Crippen molar-refractivity contribution >= 4 is 23.2 Å². The Bertz CT molecular complexity index is 1170. The number of para-hydroxylation sites is 1. The van der Waals surface area contributed by atoms with Crippen LogP contribution in [0.25, 0.3) is 0 Å². The van der Waals surface area contributed by atoms with Gasteiger partial charge in [-0.2, -0.15) is 13.2 Å². The topological polar surface area (TPSA) is 49.9 Å². The first-order chi connectivity index (χ1) is 15.4. The van der Waals surface area contributed by atoms with Crippen LogP contribution < -0.4 is 9.96 Å². The van der Waals surface area contributed by atoms with Gasteiger partial charge in [0.15, 0.2) is 6.10 Å². The number of imide groups is 1. The Labute approximate surface area is 181 Å². The molecule has 0 unspecified atom stereocenters. The molecular weight excluding hydrogens is 421 g/mol. The Balaban J connectivity index is 1.56. The third kappa shape index (κ3) is 3.23. The highest BCUT2D eigenvalue weighted by Crippen LogP contribution is 2.47. The van der Waals surface area contributed by atoms with Crippen molar-refractivity contribution in [3.05, 3.63) is 96.1 Å². The van der Waals surface area contributed by atoms with E-state index < -0.39 is 41.6 Å². The number of hydrogen-bond donors (Lipinski definition) is 0. The van der Waals surface area contributed by atoms with Crippen LogP contribution in [-0.2, 0) is 20.6 Å². The summed E-state index contributed by atoms with van der Waals surface area (Å²) in [7, 11) is 0. The molecule has 0 spiro atoms. The first-order valence-electron chi connectivity index (χ1n) is 9.97. The number of halogens is 3. The number of alkyl halides is 3. The van der Waals surface area contributed by atoms with Crippen molar-refractivity contribution in [3.63, 3.8) is 0 Å². The molecule has 2 fully saturated rings.